The van der Waals surface area contributed by atoms with Gasteiger partial charge in [-0.25, -0.2) is 4.98 Å². The highest BCUT2D eigenvalue weighted by Crippen LogP contribution is 2.53. The maximum absolute atomic E-state index is 5.71. The molecule has 1 aliphatic heterocycles. The molecule has 0 bridgehead atoms. The average molecular weight is 243 g/mol. The number of halogens is 1. The van der Waals surface area contributed by atoms with E-state index >= 15 is 0 Å². The van der Waals surface area contributed by atoms with Crippen molar-refractivity contribution >= 4 is 28.1 Å². The van der Waals surface area contributed by atoms with Crippen LogP contribution in [0.15, 0.2) is 5.38 Å². The minimum absolute atomic E-state index is 0.674. The van der Waals surface area contributed by atoms with E-state index in [-0.39, 0.29) is 0 Å². The summed E-state index contributed by atoms with van der Waals surface area (Å²) in [5.41, 5.74) is 1.85. The maximum atomic E-state index is 5.71. The minimum Gasteiger partial charge on any atom is -0.348 e. The summed E-state index contributed by atoms with van der Waals surface area (Å²) in [7, 11) is 0. The van der Waals surface area contributed by atoms with Crippen LogP contribution in [0.4, 0.5) is 5.13 Å². The molecule has 15 heavy (non-hydrogen) atoms. The van der Waals surface area contributed by atoms with Gasteiger partial charge in [-0.15, -0.1) is 22.9 Å². The van der Waals surface area contributed by atoms with Gasteiger partial charge in [0.2, 0.25) is 0 Å². The Kier molecular flexibility index (Phi) is 2.40. The van der Waals surface area contributed by atoms with Crippen molar-refractivity contribution in [2.24, 2.45) is 5.41 Å². The van der Waals surface area contributed by atoms with Gasteiger partial charge in [-0.1, -0.05) is 0 Å². The predicted molar refractivity (Wildman–Crippen MR) is 65.0 cm³/mol. The van der Waals surface area contributed by atoms with Gasteiger partial charge in [0.05, 0.1) is 5.69 Å². The van der Waals surface area contributed by atoms with Crippen molar-refractivity contribution in [3.8, 4) is 0 Å². The molecule has 2 aliphatic rings. The zero-order chi connectivity index (χ0) is 10.3. The Morgan fingerprint density at radius 2 is 2.33 bits per heavy atom. The molecule has 2 heterocycles. The molecule has 1 aliphatic carbocycles. The fraction of sp³-hybridized carbons (Fsp3) is 0.727. The second-order valence-corrected chi connectivity index (χ2v) is 5.95. The smallest absolute Gasteiger partial charge is 0.185 e. The number of alkyl halides is 1. The molecule has 2 nitrogen and oxygen atoms in total. The molecular formula is C11H15ClN2S. The Hall–Kier alpha value is -0.280. The molecule has 0 N–H and O–H groups in total. The second-order valence-electron chi connectivity index (χ2n) is 4.73. The fourth-order valence-corrected chi connectivity index (χ4v) is 3.42. The number of thiazole rings is 1. The lowest BCUT2D eigenvalue weighted by molar-refractivity contribution is 0.581. The summed E-state index contributed by atoms with van der Waals surface area (Å²) in [6.45, 7) is 2.44. The molecule has 82 valence electrons. The van der Waals surface area contributed by atoms with Crippen LogP contribution >= 0.6 is 22.9 Å². The van der Waals surface area contributed by atoms with Crippen LogP contribution in [0.3, 0.4) is 0 Å². The van der Waals surface area contributed by atoms with Crippen LogP contribution in [-0.4, -0.2) is 24.0 Å². The van der Waals surface area contributed by atoms with Crippen molar-refractivity contribution in [3.05, 3.63) is 11.1 Å². The molecule has 0 unspecified atom stereocenters. The molecule has 1 saturated heterocycles. The van der Waals surface area contributed by atoms with Crippen LogP contribution in [-0.2, 0) is 6.42 Å². The number of nitrogens with zero attached hydrogens (tertiary/aromatic N) is 2. The molecule has 0 amide bonds. The predicted octanol–water partition coefficient (Wildman–Crippen LogP) is 2.91. The molecule has 1 saturated carbocycles. The van der Waals surface area contributed by atoms with E-state index in [2.05, 4.69) is 15.3 Å². The lowest BCUT2D eigenvalue weighted by atomic mass is 10.1. The van der Waals surface area contributed by atoms with Crippen LogP contribution in [0.5, 0.6) is 0 Å². The summed E-state index contributed by atoms with van der Waals surface area (Å²) < 4.78 is 0. The van der Waals surface area contributed by atoms with Gasteiger partial charge in [0.1, 0.15) is 0 Å². The zero-order valence-electron chi connectivity index (χ0n) is 8.71. The van der Waals surface area contributed by atoms with E-state index in [1.165, 1.54) is 37.5 Å². The maximum Gasteiger partial charge on any atom is 0.185 e. The van der Waals surface area contributed by atoms with Gasteiger partial charge < -0.3 is 4.90 Å². The summed E-state index contributed by atoms with van der Waals surface area (Å²) in [6.07, 6.45) is 5.14. The van der Waals surface area contributed by atoms with Gasteiger partial charge in [-0.05, 0) is 24.7 Å². The molecule has 1 aromatic heterocycles. The lowest BCUT2D eigenvalue weighted by Crippen LogP contribution is -2.19. The largest absolute Gasteiger partial charge is 0.348 e. The first-order valence-electron chi connectivity index (χ1n) is 5.57. The molecule has 0 aromatic carbocycles. The van der Waals surface area contributed by atoms with E-state index in [9.17, 15) is 0 Å². The highest BCUT2D eigenvalue weighted by Gasteiger charge is 2.48. The number of rotatable bonds is 3. The van der Waals surface area contributed by atoms with E-state index in [1.54, 1.807) is 11.3 Å². The fourth-order valence-electron chi connectivity index (χ4n) is 2.34. The first-order valence-corrected chi connectivity index (χ1v) is 6.98. The monoisotopic (exact) mass is 242 g/mol. The van der Waals surface area contributed by atoms with Crippen LogP contribution in [0.2, 0.25) is 0 Å². The zero-order valence-corrected chi connectivity index (χ0v) is 10.3. The van der Waals surface area contributed by atoms with Crippen LogP contribution < -0.4 is 4.90 Å². The SMILES string of the molecule is ClCCc1csc(N2CCC3(CC3)C2)n1. The molecule has 2 fully saturated rings. The van der Waals surface area contributed by atoms with Gasteiger partial charge in [-0.3, -0.25) is 0 Å². The summed E-state index contributed by atoms with van der Waals surface area (Å²) in [6, 6.07) is 0. The summed E-state index contributed by atoms with van der Waals surface area (Å²) in [5, 5.41) is 3.36. The average Bonchev–Trinajstić information content (AvgIpc) is 2.64. The van der Waals surface area contributed by atoms with Gasteiger partial charge in [0, 0.05) is 30.8 Å². The number of aryl methyl sites for hydroxylation is 1. The first-order chi connectivity index (χ1) is 7.31. The van der Waals surface area contributed by atoms with Crippen LogP contribution in [0, 0.1) is 5.41 Å². The quantitative estimate of drug-likeness (QED) is 0.758. The van der Waals surface area contributed by atoms with E-state index in [1.807, 2.05) is 0 Å². The third-order valence-corrected chi connectivity index (χ3v) is 4.70. The van der Waals surface area contributed by atoms with Gasteiger partial charge in [0.25, 0.3) is 0 Å². The number of aromatic nitrogens is 1. The van der Waals surface area contributed by atoms with Crippen LogP contribution in [0.25, 0.3) is 0 Å². The van der Waals surface area contributed by atoms with E-state index in [0.29, 0.717) is 11.3 Å². The summed E-state index contributed by atoms with van der Waals surface area (Å²) in [5.74, 6) is 0.674. The standard InChI is InChI=1S/C11H15ClN2S/c12-5-1-9-7-15-10(13-9)14-6-4-11(8-14)2-3-11/h7H,1-6,8H2. The topological polar surface area (TPSA) is 16.1 Å². The van der Waals surface area contributed by atoms with Crippen molar-refractivity contribution in [3.63, 3.8) is 0 Å². The van der Waals surface area contributed by atoms with Crippen LogP contribution in [0.1, 0.15) is 25.0 Å². The van der Waals surface area contributed by atoms with Gasteiger partial charge in [-0.2, -0.15) is 0 Å². The Morgan fingerprint density at radius 1 is 1.47 bits per heavy atom. The number of anilines is 1. The highest BCUT2D eigenvalue weighted by molar-refractivity contribution is 7.13. The Bertz CT molecular complexity index is 359. The normalized spacial score (nSPS) is 22.6. The van der Waals surface area contributed by atoms with E-state index in [0.717, 1.165) is 12.1 Å². The molecule has 0 atom stereocenters. The first kappa shape index (κ1) is 9.91. The Morgan fingerprint density at radius 3 is 3.00 bits per heavy atom. The van der Waals surface area contributed by atoms with Crippen molar-refractivity contribution in [1.29, 1.82) is 0 Å². The van der Waals surface area contributed by atoms with Crippen molar-refractivity contribution in [2.75, 3.05) is 23.9 Å². The lowest BCUT2D eigenvalue weighted by Gasteiger charge is -2.13. The summed E-state index contributed by atoms with van der Waals surface area (Å²) >= 11 is 7.48. The van der Waals surface area contributed by atoms with Crippen molar-refractivity contribution in [2.45, 2.75) is 25.7 Å². The third-order valence-electron chi connectivity index (χ3n) is 3.56. The molecule has 0 radical (unpaired) electrons. The van der Waals surface area contributed by atoms with Crippen molar-refractivity contribution < 1.29 is 0 Å². The van der Waals surface area contributed by atoms with Crippen molar-refractivity contribution in [1.82, 2.24) is 4.98 Å². The molecule has 4 heteroatoms. The van der Waals surface area contributed by atoms with Gasteiger partial charge in [0.15, 0.2) is 5.13 Å². The Labute approximate surface area is 99.3 Å². The molecule has 1 aromatic rings. The third kappa shape index (κ3) is 1.87. The molecule has 1 spiro atoms. The van der Waals surface area contributed by atoms with Gasteiger partial charge >= 0.3 is 0 Å². The van der Waals surface area contributed by atoms with E-state index < -0.39 is 0 Å². The molecular weight excluding hydrogens is 228 g/mol. The summed E-state index contributed by atoms with van der Waals surface area (Å²) in [4.78, 5) is 7.09. The highest BCUT2D eigenvalue weighted by atomic mass is 35.5. The number of hydrogen-bond acceptors (Lipinski definition) is 3. The molecule has 3 rings (SSSR count). The van der Waals surface area contributed by atoms with E-state index in [4.69, 9.17) is 11.6 Å². The number of hydrogen-bond donors (Lipinski definition) is 0. The Balaban J connectivity index is 1.70. The minimum atomic E-state index is 0.674. The second kappa shape index (κ2) is 3.63.